The number of benzene rings is 2. The molecule has 2 fully saturated rings. The van der Waals surface area contributed by atoms with Crippen LogP contribution < -0.4 is 10.1 Å². The minimum atomic E-state index is -0.256. The highest BCUT2D eigenvalue weighted by Crippen LogP contribution is 2.36. The average Bonchev–Trinajstić information content (AvgIpc) is 3.36. The molecule has 1 saturated carbocycles. The highest BCUT2D eigenvalue weighted by atomic mass is 32.2. The number of anilines is 2. The molecule has 2 unspecified atom stereocenters. The van der Waals surface area contributed by atoms with Crippen molar-refractivity contribution < 1.29 is 13.9 Å². The van der Waals surface area contributed by atoms with E-state index in [1.165, 1.54) is 37.4 Å². The van der Waals surface area contributed by atoms with Gasteiger partial charge in [-0.2, -0.15) is 11.8 Å². The summed E-state index contributed by atoms with van der Waals surface area (Å²) < 4.78 is 19.3. The lowest BCUT2D eigenvalue weighted by Crippen LogP contribution is -2.44. The van der Waals surface area contributed by atoms with Crippen LogP contribution in [0.3, 0.4) is 0 Å². The first-order valence-electron chi connectivity index (χ1n) is 12.4. The fraction of sp³-hybridized carbons (Fsp3) is 0.393. The number of nitrogens with zero attached hydrogens (tertiary/aromatic N) is 3. The first-order valence-corrected chi connectivity index (χ1v) is 13.5. The van der Waals surface area contributed by atoms with Gasteiger partial charge in [-0.1, -0.05) is 12.5 Å². The molecule has 2 aliphatic rings. The van der Waals surface area contributed by atoms with Crippen LogP contribution in [0.5, 0.6) is 5.75 Å². The van der Waals surface area contributed by atoms with E-state index in [4.69, 9.17) is 4.74 Å². The van der Waals surface area contributed by atoms with Crippen LogP contribution in [0.25, 0.3) is 10.9 Å². The third-order valence-corrected chi connectivity index (χ3v) is 8.46. The summed E-state index contributed by atoms with van der Waals surface area (Å²) in [6.07, 6.45) is 9.31. The lowest BCUT2D eigenvalue weighted by Gasteiger charge is -2.36. The van der Waals surface area contributed by atoms with Gasteiger partial charge in [-0.15, -0.1) is 0 Å². The molecule has 0 bridgehead atoms. The van der Waals surface area contributed by atoms with Gasteiger partial charge in [0.15, 0.2) is 5.78 Å². The average molecular weight is 507 g/mol. The number of carbonyl (C=O) groups is 1. The van der Waals surface area contributed by atoms with Crippen molar-refractivity contribution in [3.8, 4) is 5.75 Å². The van der Waals surface area contributed by atoms with Crippen LogP contribution in [-0.2, 0) is 11.2 Å². The van der Waals surface area contributed by atoms with Crippen molar-refractivity contribution >= 4 is 40.0 Å². The predicted molar refractivity (Wildman–Crippen MR) is 144 cm³/mol. The second-order valence-electron chi connectivity index (χ2n) is 9.44. The molecular formula is C28H31FN4O2S. The Labute approximate surface area is 215 Å². The Morgan fingerprint density at radius 1 is 1.28 bits per heavy atom. The number of hydrogen-bond acceptors (Lipinski definition) is 7. The number of ether oxygens (including phenoxy) is 1. The maximum absolute atomic E-state index is 13.7. The molecule has 2 heterocycles. The van der Waals surface area contributed by atoms with E-state index in [1.54, 1.807) is 32.2 Å². The molecule has 1 saturated heterocycles. The number of fused-ring (bicyclic) bond motifs is 2. The van der Waals surface area contributed by atoms with Gasteiger partial charge in [-0.3, -0.25) is 9.69 Å². The number of ketones is 1. The highest BCUT2D eigenvalue weighted by Gasteiger charge is 2.34. The van der Waals surface area contributed by atoms with E-state index in [9.17, 15) is 9.18 Å². The Kier molecular flexibility index (Phi) is 7.53. The van der Waals surface area contributed by atoms with Crippen molar-refractivity contribution in [3.05, 3.63) is 65.8 Å². The van der Waals surface area contributed by atoms with E-state index in [0.29, 0.717) is 28.7 Å². The number of rotatable bonds is 8. The molecule has 1 N–H and O–H groups in total. The predicted octanol–water partition coefficient (Wildman–Crippen LogP) is 5.47. The van der Waals surface area contributed by atoms with Gasteiger partial charge in [-0.25, -0.2) is 14.4 Å². The Morgan fingerprint density at radius 2 is 2.17 bits per heavy atom. The molecule has 2 atom stereocenters. The smallest absolute Gasteiger partial charge is 0.159 e. The van der Waals surface area contributed by atoms with Gasteiger partial charge >= 0.3 is 0 Å². The zero-order valence-corrected chi connectivity index (χ0v) is 21.5. The SMILES string of the molecule is COc1cc2ncnc(Nc3ccc(F)c(C)c3)c2cc1CC(=O)/C=C/CN1CCSC2CCCC21. The number of hydrogen-bond donors (Lipinski definition) is 1. The minimum Gasteiger partial charge on any atom is -0.496 e. The summed E-state index contributed by atoms with van der Waals surface area (Å²) in [5, 5.41) is 4.78. The molecule has 1 aromatic heterocycles. The van der Waals surface area contributed by atoms with Crippen molar-refractivity contribution in [2.45, 2.75) is 43.9 Å². The summed E-state index contributed by atoms with van der Waals surface area (Å²) in [6.45, 7) is 3.63. The largest absolute Gasteiger partial charge is 0.496 e. The van der Waals surface area contributed by atoms with Crippen molar-refractivity contribution in [1.82, 2.24) is 14.9 Å². The second kappa shape index (κ2) is 11.0. The molecule has 188 valence electrons. The van der Waals surface area contributed by atoms with E-state index in [-0.39, 0.29) is 18.0 Å². The molecule has 3 aromatic rings. The van der Waals surface area contributed by atoms with Crippen LogP contribution in [0.15, 0.2) is 48.8 Å². The minimum absolute atomic E-state index is 0.0301. The monoisotopic (exact) mass is 506 g/mol. The van der Waals surface area contributed by atoms with Gasteiger partial charge in [0.05, 0.1) is 12.6 Å². The molecular weight excluding hydrogens is 475 g/mol. The third-order valence-electron chi connectivity index (χ3n) is 7.06. The molecule has 0 spiro atoms. The van der Waals surface area contributed by atoms with Gasteiger partial charge in [-0.05, 0) is 55.7 Å². The first-order chi connectivity index (χ1) is 17.5. The number of thioether (sulfide) groups is 1. The zero-order valence-electron chi connectivity index (χ0n) is 20.7. The lowest BCUT2D eigenvalue weighted by molar-refractivity contribution is -0.114. The van der Waals surface area contributed by atoms with Crippen LogP contribution in [0.2, 0.25) is 0 Å². The summed E-state index contributed by atoms with van der Waals surface area (Å²) in [5.41, 5.74) is 2.75. The van der Waals surface area contributed by atoms with Gasteiger partial charge in [0.25, 0.3) is 0 Å². The molecule has 5 rings (SSSR count). The normalized spacial score (nSPS) is 20.1. The molecule has 0 amide bonds. The van der Waals surface area contributed by atoms with Crippen LogP contribution in [0, 0.1) is 12.7 Å². The van der Waals surface area contributed by atoms with Crippen LogP contribution >= 0.6 is 11.8 Å². The van der Waals surface area contributed by atoms with Crippen molar-refractivity contribution in [3.63, 3.8) is 0 Å². The quantitative estimate of drug-likeness (QED) is 0.407. The Morgan fingerprint density at radius 3 is 3.00 bits per heavy atom. The summed E-state index contributed by atoms with van der Waals surface area (Å²) in [5.74, 6) is 2.16. The maximum Gasteiger partial charge on any atom is 0.159 e. The fourth-order valence-electron chi connectivity index (χ4n) is 5.21. The Bertz CT molecular complexity index is 1300. The third kappa shape index (κ3) is 5.39. The number of halogens is 1. The van der Waals surface area contributed by atoms with Crippen molar-refractivity contribution in [2.24, 2.45) is 0 Å². The van der Waals surface area contributed by atoms with E-state index in [1.807, 2.05) is 18.2 Å². The molecule has 36 heavy (non-hydrogen) atoms. The van der Waals surface area contributed by atoms with Gasteiger partial charge in [0.2, 0.25) is 0 Å². The number of allylic oxidation sites excluding steroid dienone is 1. The van der Waals surface area contributed by atoms with Crippen molar-refractivity contribution in [2.75, 3.05) is 31.3 Å². The van der Waals surface area contributed by atoms with Crippen LogP contribution in [-0.4, -0.2) is 57.9 Å². The molecule has 1 aliphatic carbocycles. The van der Waals surface area contributed by atoms with E-state index < -0.39 is 0 Å². The maximum atomic E-state index is 13.7. The fourth-order valence-corrected chi connectivity index (χ4v) is 6.72. The number of carbonyl (C=O) groups excluding carboxylic acids is 1. The second-order valence-corrected chi connectivity index (χ2v) is 10.8. The molecule has 8 heteroatoms. The van der Waals surface area contributed by atoms with E-state index >= 15 is 0 Å². The Balaban J connectivity index is 1.32. The summed E-state index contributed by atoms with van der Waals surface area (Å²) in [4.78, 5) is 24.2. The van der Waals surface area contributed by atoms with E-state index in [0.717, 1.165) is 35.0 Å². The van der Waals surface area contributed by atoms with E-state index in [2.05, 4.69) is 31.9 Å². The Hall–Kier alpha value is -2.97. The molecule has 0 radical (unpaired) electrons. The summed E-state index contributed by atoms with van der Waals surface area (Å²) >= 11 is 2.11. The summed E-state index contributed by atoms with van der Waals surface area (Å²) in [7, 11) is 1.60. The van der Waals surface area contributed by atoms with Crippen LogP contribution in [0.4, 0.5) is 15.9 Å². The van der Waals surface area contributed by atoms with Crippen LogP contribution in [0.1, 0.15) is 30.4 Å². The topological polar surface area (TPSA) is 67.4 Å². The first kappa shape index (κ1) is 24.7. The number of aromatic nitrogens is 2. The van der Waals surface area contributed by atoms with Gasteiger partial charge in [0, 0.05) is 59.3 Å². The molecule has 2 aromatic carbocycles. The number of aryl methyl sites for hydroxylation is 1. The molecule has 6 nitrogen and oxygen atoms in total. The van der Waals surface area contributed by atoms with Gasteiger partial charge in [0.1, 0.15) is 23.7 Å². The molecule has 1 aliphatic heterocycles. The summed E-state index contributed by atoms with van der Waals surface area (Å²) in [6, 6.07) is 9.22. The standard InChI is InChI=1S/C28H31FN4O2S/c1-18-13-20(8-9-23(18)29)32-28-22-15-19(26(35-2)16-24(22)30-17-31-28)14-21(34)5-4-10-33-11-12-36-27-7-3-6-25(27)33/h4-5,8-9,13,15-17,25,27H,3,6-7,10-12,14H2,1-2H3,(H,30,31,32)/b5-4+. The number of methoxy groups -OCH3 is 1. The zero-order chi connectivity index (χ0) is 25.1. The lowest BCUT2D eigenvalue weighted by atomic mass is 10.0. The highest BCUT2D eigenvalue weighted by molar-refractivity contribution is 8.00. The van der Waals surface area contributed by atoms with Gasteiger partial charge < -0.3 is 10.1 Å². The van der Waals surface area contributed by atoms with Crippen molar-refractivity contribution in [1.29, 1.82) is 0 Å². The number of nitrogens with one attached hydrogen (secondary N) is 1.